The van der Waals surface area contributed by atoms with Crippen LogP contribution in [0.5, 0.6) is 0 Å². The molecule has 0 spiro atoms. The normalized spacial score (nSPS) is 31.9. The topological polar surface area (TPSA) is 53.5 Å². The molecule has 0 radical (unpaired) electrons. The first-order chi connectivity index (χ1) is 9.55. The first kappa shape index (κ1) is 13.2. The standard InChI is InChI=1S/C13H19N3O2S2/c1-9-6-13(19-14-9)20(17,18)16-11-4-5-12(16)8-15(7-11)10-2-3-10/h6,10-12H,2-5,7-8H2,1H3. The lowest BCUT2D eigenvalue weighted by Gasteiger charge is -2.39. The Labute approximate surface area is 123 Å². The minimum Gasteiger partial charge on any atom is -0.297 e. The second-order valence-electron chi connectivity index (χ2n) is 6.19. The predicted molar refractivity (Wildman–Crippen MR) is 77.3 cm³/mol. The van der Waals surface area contributed by atoms with Crippen molar-refractivity contribution in [3.05, 3.63) is 11.8 Å². The summed E-state index contributed by atoms with van der Waals surface area (Å²) in [4.78, 5) is 2.51. The van der Waals surface area contributed by atoms with E-state index in [-0.39, 0.29) is 12.1 Å². The summed E-state index contributed by atoms with van der Waals surface area (Å²) in [6, 6.07) is 2.77. The summed E-state index contributed by atoms with van der Waals surface area (Å²) >= 11 is 1.11. The molecule has 0 amide bonds. The third-order valence-electron chi connectivity index (χ3n) is 4.64. The van der Waals surface area contributed by atoms with Crippen molar-refractivity contribution >= 4 is 21.6 Å². The van der Waals surface area contributed by atoms with Gasteiger partial charge in [-0.1, -0.05) is 0 Å². The van der Waals surface area contributed by atoms with Gasteiger partial charge in [-0.2, -0.15) is 8.68 Å². The number of aromatic nitrogens is 1. The molecule has 0 N–H and O–H groups in total. The summed E-state index contributed by atoms with van der Waals surface area (Å²) < 4.78 is 32.0. The Balaban J connectivity index is 1.63. The van der Waals surface area contributed by atoms with E-state index in [0.717, 1.165) is 49.2 Å². The Hall–Kier alpha value is -0.500. The molecule has 2 aliphatic heterocycles. The van der Waals surface area contributed by atoms with Gasteiger partial charge >= 0.3 is 0 Å². The molecule has 1 saturated carbocycles. The molecule has 1 aliphatic carbocycles. The number of rotatable bonds is 3. The first-order valence-corrected chi connectivity index (χ1v) is 9.48. The summed E-state index contributed by atoms with van der Waals surface area (Å²) in [6.45, 7) is 3.67. The van der Waals surface area contributed by atoms with Gasteiger partial charge in [-0.25, -0.2) is 8.42 Å². The van der Waals surface area contributed by atoms with Crippen LogP contribution < -0.4 is 0 Å². The number of hydrogen-bond donors (Lipinski definition) is 0. The van der Waals surface area contributed by atoms with Crippen molar-refractivity contribution in [1.82, 2.24) is 13.6 Å². The predicted octanol–water partition coefficient (Wildman–Crippen LogP) is 1.45. The molecule has 0 aromatic carbocycles. The van der Waals surface area contributed by atoms with Crippen LogP contribution in [0.2, 0.25) is 0 Å². The van der Waals surface area contributed by atoms with Crippen LogP contribution in [0.25, 0.3) is 0 Å². The Bertz CT molecular complexity index is 609. The zero-order valence-electron chi connectivity index (χ0n) is 11.5. The number of piperazine rings is 1. The SMILES string of the molecule is Cc1cc(S(=O)(=O)N2C3CCC2CN(C2CC2)C3)sn1. The number of aryl methyl sites for hydroxylation is 1. The summed E-state index contributed by atoms with van der Waals surface area (Å²) in [5.41, 5.74) is 0.789. The zero-order valence-corrected chi connectivity index (χ0v) is 13.2. The molecule has 1 aromatic rings. The van der Waals surface area contributed by atoms with E-state index in [1.165, 1.54) is 12.8 Å². The highest BCUT2D eigenvalue weighted by Gasteiger charge is 2.49. The molecule has 110 valence electrons. The molecule has 1 aromatic heterocycles. The molecular weight excluding hydrogens is 294 g/mol. The van der Waals surface area contributed by atoms with Gasteiger partial charge in [0, 0.05) is 31.2 Å². The third-order valence-corrected chi connectivity index (χ3v) is 7.96. The lowest BCUT2D eigenvalue weighted by atomic mass is 10.2. The summed E-state index contributed by atoms with van der Waals surface area (Å²) in [6.07, 6.45) is 4.59. The fraction of sp³-hybridized carbons (Fsp3) is 0.769. The third kappa shape index (κ3) is 2.03. The van der Waals surface area contributed by atoms with Gasteiger partial charge in [0.15, 0.2) is 4.21 Å². The molecule has 7 heteroatoms. The van der Waals surface area contributed by atoms with Crippen molar-refractivity contribution in [3.8, 4) is 0 Å². The van der Waals surface area contributed by atoms with Crippen molar-refractivity contribution in [1.29, 1.82) is 0 Å². The number of hydrogen-bond acceptors (Lipinski definition) is 5. The average Bonchev–Trinajstić information content (AvgIpc) is 3.10. The van der Waals surface area contributed by atoms with E-state index in [4.69, 9.17) is 0 Å². The van der Waals surface area contributed by atoms with Gasteiger partial charge in [0.2, 0.25) is 0 Å². The van der Waals surface area contributed by atoms with Crippen LogP contribution in [0.3, 0.4) is 0 Å². The van der Waals surface area contributed by atoms with Crippen molar-refractivity contribution < 1.29 is 8.42 Å². The maximum absolute atomic E-state index is 12.8. The minimum atomic E-state index is -3.34. The van der Waals surface area contributed by atoms with E-state index < -0.39 is 10.0 Å². The summed E-state index contributed by atoms with van der Waals surface area (Å²) in [7, 11) is -3.34. The molecule has 3 fully saturated rings. The van der Waals surface area contributed by atoms with Crippen LogP contribution in [-0.2, 0) is 10.0 Å². The highest BCUT2D eigenvalue weighted by atomic mass is 32.2. The second kappa shape index (κ2) is 4.50. The van der Waals surface area contributed by atoms with Crippen LogP contribution in [0.15, 0.2) is 10.3 Å². The van der Waals surface area contributed by atoms with Gasteiger partial charge in [0.25, 0.3) is 10.0 Å². The Morgan fingerprint density at radius 1 is 1.15 bits per heavy atom. The number of sulfonamides is 1. The first-order valence-electron chi connectivity index (χ1n) is 7.26. The van der Waals surface area contributed by atoms with Gasteiger partial charge in [-0.05, 0) is 50.2 Å². The molecular formula is C13H19N3O2S2. The maximum Gasteiger partial charge on any atom is 0.254 e. The molecule has 2 unspecified atom stereocenters. The molecule has 2 saturated heterocycles. The highest BCUT2D eigenvalue weighted by molar-refractivity contribution is 7.91. The largest absolute Gasteiger partial charge is 0.297 e. The van der Waals surface area contributed by atoms with Gasteiger partial charge in [-0.15, -0.1) is 0 Å². The number of fused-ring (bicyclic) bond motifs is 2. The summed E-state index contributed by atoms with van der Waals surface area (Å²) in [5.74, 6) is 0. The van der Waals surface area contributed by atoms with Gasteiger partial charge < -0.3 is 0 Å². The fourth-order valence-corrected chi connectivity index (χ4v) is 6.51. The van der Waals surface area contributed by atoms with Crippen LogP contribution in [-0.4, -0.2) is 53.2 Å². The molecule has 20 heavy (non-hydrogen) atoms. The summed E-state index contributed by atoms with van der Waals surface area (Å²) in [5, 5.41) is 0. The van der Waals surface area contributed by atoms with Crippen LogP contribution in [0.1, 0.15) is 31.4 Å². The molecule has 5 nitrogen and oxygen atoms in total. The highest BCUT2D eigenvalue weighted by Crippen LogP contribution is 2.39. The van der Waals surface area contributed by atoms with Crippen molar-refractivity contribution in [2.45, 2.75) is 54.9 Å². The molecule has 3 heterocycles. The van der Waals surface area contributed by atoms with E-state index in [1.54, 1.807) is 10.4 Å². The maximum atomic E-state index is 12.8. The van der Waals surface area contributed by atoms with E-state index in [2.05, 4.69) is 9.27 Å². The molecule has 2 bridgehead atoms. The lowest BCUT2D eigenvalue weighted by molar-refractivity contribution is 0.123. The minimum absolute atomic E-state index is 0.168. The molecule has 3 aliphatic rings. The Morgan fingerprint density at radius 3 is 2.25 bits per heavy atom. The Morgan fingerprint density at radius 2 is 1.75 bits per heavy atom. The van der Waals surface area contributed by atoms with E-state index >= 15 is 0 Å². The number of nitrogens with zero attached hydrogens (tertiary/aromatic N) is 3. The number of likely N-dealkylation sites (tertiary alicyclic amines) is 1. The van der Waals surface area contributed by atoms with E-state index in [9.17, 15) is 8.42 Å². The van der Waals surface area contributed by atoms with Crippen molar-refractivity contribution in [2.75, 3.05) is 13.1 Å². The van der Waals surface area contributed by atoms with Gasteiger partial charge in [0.1, 0.15) is 0 Å². The Kier molecular flexibility index (Phi) is 2.96. The lowest BCUT2D eigenvalue weighted by Crippen LogP contribution is -2.55. The monoisotopic (exact) mass is 313 g/mol. The van der Waals surface area contributed by atoms with Crippen molar-refractivity contribution in [2.24, 2.45) is 0 Å². The zero-order chi connectivity index (χ0) is 13.9. The van der Waals surface area contributed by atoms with Gasteiger partial charge in [-0.3, -0.25) is 4.90 Å². The van der Waals surface area contributed by atoms with Gasteiger partial charge in [0.05, 0.1) is 5.69 Å². The average molecular weight is 313 g/mol. The molecule has 2 atom stereocenters. The van der Waals surface area contributed by atoms with Crippen molar-refractivity contribution in [3.63, 3.8) is 0 Å². The fourth-order valence-electron chi connectivity index (χ4n) is 3.59. The van der Waals surface area contributed by atoms with E-state index in [0.29, 0.717) is 4.21 Å². The van der Waals surface area contributed by atoms with E-state index in [1.807, 2.05) is 6.92 Å². The van der Waals surface area contributed by atoms with Crippen LogP contribution in [0.4, 0.5) is 0 Å². The van der Waals surface area contributed by atoms with Crippen LogP contribution >= 0.6 is 11.5 Å². The quantitative estimate of drug-likeness (QED) is 0.847. The molecule has 4 rings (SSSR count). The van der Waals surface area contributed by atoms with Crippen LogP contribution in [0, 0.1) is 6.92 Å². The second-order valence-corrected chi connectivity index (χ2v) is 9.07. The smallest absolute Gasteiger partial charge is 0.254 e.